The predicted octanol–water partition coefficient (Wildman–Crippen LogP) is 1.07. The van der Waals surface area contributed by atoms with Gasteiger partial charge in [-0.05, 0) is 26.0 Å². The van der Waals surface area contributed by atoms with E-state index in [-0.39, 0.29) is 12.2 Å². The van der Waals surface area contributed by atoms with Gasteiger partial charge >= 0.3 is 0 Å². The van der Waals surface area contributed by atoms with Crippen LogP contribution in [0.3, 0.4) is 0 Å². The Balaban J connectivity index is 1.99. The van der Waals surface area contributed by atoms with Crippen molar-refractivity contribution in [3.63, 3.8) is 0 Å². The smallest absolute Gasteiger partial charge is 0.145 e. The van der Waals surface area contributed by atoms with Crippen LogP contribution in [-0.2, 0) is 0 Å². The first-order valence-electron chi connectivity index (χ1n) is 7.74. The summed E-state index contributed by atoms with van der Waals surface area (Å²) in [6, 6.07) is 6.26. The van der Waals surface area contributed by atoms with Crippen LogP contribution in [0.2, 0.25) is 0 Å². The van der Waals surface area contributed by atoms with E-state index in [9.17, 15) is 5.11 Å². The van der Waals surface area contributed by atoms with Crippen LogP contribution < -0.4 is 19.9 Å². The highest BCUT2D eigenvalue weighted by atomic mass is 16.5. The Kier molecular flexibility index (Phi) is 3.95. The number of ether oxygens (including phenoxy) is 1. The van der Waals surface area contributed by atoms with Crippen molar-refractivity contribution in [2.75, 3.05) is 55.7 Å². The molecule has 2 aliphatic rings. The van der Waals surface area contributed by atoms with Gasteiger partial charge in [-0.2, -0.15) is 0 Å². The molecule has 21 heavy (non-hydrogen) atoms. The van der Waals surface area contributed by atoms with Crippen LogP contribution in [0.4, 0.5) is 11.4 Å². The Hall–Kier alpha value is -1.46. The molecule has 0 radical (unpaired) electrons. The van der Waals surface area contributed by atoms with Gasteiger partial charge in [-0.3, -0.25) is 0 Å². The maximum atomic E-state index is 9.41. The Bertz CT molecular complexity index is 498. The summed E-state index contributed by atoms with van der Waals surface area (Å²) < 4.78 is 6.16. The number of β-amino-alcohol motifs (C(OH)–C–C–N with tert-alkyl or cyclic N) is 1. The van der Waals surface area contributed by atoms with Gasteiger partial charge in [-0.15, -0.1) is 0 Å². The van der Waals surface area contributed by atoms with E-state index in [1.165, 1.54) is 5.69 Å². The van der Waals surface area contributed by atoms with Crippen LogP contribution in [0.25, 0.3) is 0 Å². The monoisotopic (exact) mass is 291 g/mol. The third kappa shape index (κ3) is 2.94. The van der Waals surface area contributed by atoms with Gasteiger partial charge in [0.15, 0.2) is 0 Å². The molecular weight excluding hydrogens is 266 g/mol. The lowest BCUT2D eigenvalue weighted by Crippen LogP contribution is -2.49. The number of hydrogen-bond acceptors (Lipinski definition) is 5. The van der Waals surface area contributed by atoms with E-state index in [4.69, 9.17) is 4.74 Å². The normalized spacial score (nSPS) is 20.9. The number of anilines is 2. The number of nitrogens with one attached hydrogen (secondary N) is 1. The molecule has 2 N–H and O–H groups in total. The fourth-order valence-corrected chi connectivity index (χ4v) is 3.25. The number of nitrogens with zero attached hydrogens (tertiary/aromatic N) is 2. The second kappa shape index (κ2) is 5.73. The van der Waals surface area contributed by atoms with Crippen molar-refractivity contribution in [2.45, 2.75) is 19.4 Å². The van der Waals surface area contributed by atoms with Gasteiger partial charge in [0, 0.05) is 32.7 Å². The molecule has 0 unspecified atom stereocenters. The number of benzene rings is 1. The molecule has 0 atom stereocenters. The zero-order valence-electron chi connectivity index (χ0n) is 12.9. The number of para-hydroxylation sites is 1. The minimum Gasteiger partial charge on any atom is -0.484 e. The van der Waals surface area contributed by atoms with Gasteiger partial charge < -0.3 is 25.0 Å². The summed E-state index contributed by atoms with van der Waals surface area (Å²) in [6.45, 7) is 9.82. The van der Waals surface area contributed by atoms with Crippen molar-refractivity contribution in [3.05, 3.63) is 18.2 Å². The number of hydrogen-bond donors (Lipinski definition) is 2. The number of aliphatic hydroxyl groups excluding tert-OH is 1. The van der Waals surface area contributed by atoms with Crippen molar-refractivity contribution in [1.82, 2.24) is 5.32 Å². The number of piperazine rings is 1. The summed E-state index contributed by atoms with van der Waals surface area (Å²) in [5, 5.41) is 12.8. The molecule has 0 bridgehead atoms. The largest absolute Gasteiger partial charge is 0.484 e. The van der Waals surface area contributed by atoms with E-state index in [2.05, 4.69) is 41.1 Å². The second-order valence-electron chi connectivity index (χ2n) is 6.37. The van der Waals surface area contributed by atoms with E-state index < -0.39 is 0 Å². The molecule has 0 saturated carbocycles. The van der Waals surface area contributed by atoms with E-state index in [0.717, 1.165) is 44.2 Å². The Morgan fingerprint density at radius 2 is 2.05 bits per heavy atom. The minimum absolute atomic E-state index is 0.158. The third-order valence-electron chi connectivity index (χ3n) is 4.08. The van der Waals surface area contributed by atoms with Crippen LogP contribution in [0.15, 0.2) is 18.2 Å². The third-order valence-corrected chi connectivity index (χ3v) is 4.08. The van der Waals surface area contributed by atoms with Crippen LogP contribution in [0.5, 0.6) is 5.75 Å². The predicted molar refractivity (Wildman–Crippen MR) is 85.5 cm³/mol. The van der Waals surface area contributed by atoms with E-state index in [0.29, 0.717) is 6.54 Å². The zero-order chi connectivity index (χ0) is 14.9. The molecular formula is C16H25N3O2. The van der Waals surface area contributed by atoms with E-state index in [1.54, 1.807) is 0 Å². The van der Waals surface area contributed by atoms with Crippen molar-refractivity contribution in [2.24, 2.45) is 0 Å². The zero-order valence-corrected chi connectivity index (χ0v) is 12.9. The first-order chi connectivity index (χ1) is 10.1. The summed E-state index contributed by atoms with van der Waals surface area (Å²) >= 11 is 0. The quantitative estimate of drug-likeness (QED) is 0.872. The molecule has 5 heteroatoms. The van der Waals surface area contributed by atoms with Crippen LogP contribution in [0, 0.1) is 0 Å². The molecule has 0 aliphatic carbocycles. The topological polar surface area (TPSA) is 48.0 Å². The highest BCUT2D eigenvalue weighted by Crippen LogP contribution is 2.43. The maximum Gasteiger partial charge on any atom is 0.145 e. The number of aliphatic hydroxyl groups is 1. The lowest BCUT2D eigenvalue weighted by atomic mass is 10.0. The summed E-state index contributed by atoms with van der Waals surface area (Å²) in [6.07, 6.45) is 0. The fourth-order valence-electron chi connectivity index (χ4n) is 3.25. The number of rotatable bonds is 3. The highest BCUT2D eigenvalue weighted by molar-refractivity contribution is 5.79. The van der Waals surface area contributed by atoms with Crippen molar-refractivity contribution in [1.29, 1.82) is 0 Å². The molecule has 5 nitrogen and oxygen atoms in total. The first-order valence-corrected chi connectivity index (χ1v) is 7.74. The van der Waals surface area contributed by atoms with Gasteiger partial charge in [-0.25, -0.2) is 0 Å². The molecule has 0 aromatic heterocycles. The van der Waals surface area contributed by atoms with Gasteiger partial charge in [0.2, 0.25) is 0 Å². The summed E-state index contributed by atoms with van der Waals surface area (Å²) in [4.78, 5) is 4.66. The number of fused-ring (bicyclic) bond motifs is 1. The molecule has 116 valence electrons. The molecule has 2 heterocycles. The average Bonchev–Trinajstić information content (AvgIpc) is 2.46. The fraction of sp³-hybridized carbons (Fsp3) is 0.625. The van der Waals surface area contributed by atoms with Crippen molar-refractivity contribution >= 4 is 11.4 Å². The summed E-state index contributed by atoms with van der Waals surface area (Å²) in [7, 11) is 0. The van der Waals surface area contributed by atoms with Crippen LogP contribution in [-0.4, -0.2) is 56.6 Å². The van der Waals surface area contributed by atoms with Crippen LogP contribution in [0.1, 0.15) is 13.8 Å². The SMILES string of the molecule is CC1(C)CN(CCO)c2c(cccc2N2CCNCC2)O1. The lowest BCUT2D eigenvalue weighted by Gasteiger charge is -2.43. The average molecular weight is 291 g/mol. The van der Waals surface area contributed by atoms with Gasteiger partial charge in [0.1, 0.15) is 17.0 Å². The standard InChI is InChI=1S/C16H25N3O2/c1-16(2)12-19(10-11-20)15-13(4-3-5-14(15)21-16)18-8-6-17-7-9-18/h3-5,17,20H,6-12H2,1-2H3. The molecule has 1 fully saturated rings. The van der Waals surface area contributed by atoms with Crippen molar-refractivity contribution < 1.29 is 9.84 Å². The van der Waals surface area contributed by atoms with E-state index >= 15 is 0 Å². The summed E-state index contributed by atoms with van der Waals surface area (Å²) in [5.74, 6) is 0.927. The van der Waals surface area contributed by atoms with Gasteiger partial charge in [0.05, 0.1) is 18.8 Å². The molecule has 1 aromatic rings. The highest BCUT2D eigenvalue weighted by Gasteiger charge is 2.34. The molecule has 0 amide bonds. The summed E-state index contributed by atoms with van der Waals surface area (Å²) in [5.41, 5.74) is 2.12. The first kappa shape index (κ1) is 14.5. The Morgan fingerprint density at radius 3 is 2.76 bits per heavy atom. The van der Waals surface area contributed by atoms with Crippen LogP contribution >= 0.6 is 0 Å². The molecule has 2 aliphatic heterocycles. The second-order valence-corrected chi connectivity index (χ2v) is 6.37. The van der Waals surface area contributed by atoms with Gasteiger partial charge in [-0.1, -0.05) is 6.07 Å². The maximum absolute atomic E-state index is 9.41. The van der Waals surface area contributed by atoms with Crippen molar-refractivity contribution in [3.8, 4) is 5.75 Å². The molecule has 1 aromatic carbocycles. The Labute approximate surface area is 126 Å². The molecule has 1 saturated heterocycles. The minimum atomic E-state index is -0.232. The molecule has 0 spiro atoms. The van der Waals surface area contributed by atoms with E-state index in [1.807, 2.05) is 6.07 Å². The van der Waals surface area contributed by atoms with Gasteiger partial charge in [0.25, 0.3) is 0 Å². The Morgan fingerprint density at radius 1 is 1.29 bits per heavy atom. The molecule has 3 rings (SSSR count). The lowest BCUT2D eigenvalue weighted by molar-refractivity contribution is 0.103.